The van der Waals surface area contributed by atoms with E-state index in [0.717, 1.165) is 12.2 Å². The van der Waals surface area contributed by atoms with E-state index in [2.05, 4.69) is 25.1 Å². The second-order valence-electron chi connectivity index (χ2n) is 6.29. The lowest BCUT2D eigenvalue weighted by Gasteiger charge is -2.35. The molecule has 0 radical (unpaired) electrons. The third kappa shape index (κ3) is 2.79. The standard InChI is InChI=1S/C17H25NO/c1-12-8-9-16-14(10-12)15(18)11-17(19-16)13-6-4-2-3-5-7-13/h8-10,13,15,17H,2-7,11,18H2,1H3. The number of ether oxygens (including phenoxy) is 1. The maximum absolute atomic E-state index is 6.37. The van der Waals surface area contributed by atoms with Crippen LogP contribution in [-0.4, -0.2) is 6.10 Å². The molecule has 1 aromatic carbocycles. The van der Waals surface area contributed by atoms with Crippen LogP contribution in [0.4, 0.5) is 0 Å². The van der Waals surface area contributed by atoms with Crippen LogP contribution in [0.25, 0.3) is 0 Å². The van der Waals surface area contributed by atoms with E-state index >= 15 is 0 Å². The highest BCUT2D eigenvalue weighted by Crippen LogP contribution is 2.39. The summed E-state index contributed by atoms with van der Waals surface area (Å²) in [5.74, 6) is 1.74. The molecule has 104 valence electrons. The van der Waals surface area contributed by atoms with E-state index in [4.69, 9.17) is 10.5 Å². The second-order valence-corrected chi connectivity index (χ2v) is 6.29. The van der Waals surface area contributed by atoms with Crippen LogP contribution >= 0.6 is 0 Å². The van der Waals surface area contributed by atoms with Crippen molar-refractivity contribution < 1.29 is 4.74 Å². The zero-order chi connectivity index (χ0) is 13.2. The quantitative estimate of drug-likeness (QED) is 0.770. The van der Waals surface area contributed by atoms with E-state index in [1.54, 1.807) is 0 Å². The molecule has 2 atom stereocenters. The third-order valence-electron chi connectivity index (χ3n) is 4.75. The summed E-state index contributed by atoms with van der Waals surface area (Å²) in [6.45, 7) is 2.12. The predicted octanol–water partition coefficient (Wildman–Crippen LogP) is 4.12. The molecule has 2 aliphatic rings. The Balaban J connectivity index is 1.78. The van der Waals surface area contributed by atoms with Gasteiger partial charge < -0.3 is 10.5 Å². The number of rotatable bonds is 1. The molecule has 3 rings (SSSR count). The number of hydrogen-bond acceptors (Lipinski definition) is 2. The molecule has 0 bridgehead atoms. The number of fused-ring (bicyclic) bond motifs is 1. The second kappa shape index (κ2) is 5.54. The van der Waals surface area contributed by atoms with Gasteiger partial charge in [0.25, 0.3) is 0 Å². The van der Waals surface area contributed by atoms with Crippen LogP contribution < -0.4 is 10.5 Å². The Hall–Kier alpha value is -1.02. The molecule has 0 saturated heterocycles. The van der Waals surface area contributed by atoms with Gasteiger partial charge in [-0.1, -0.05) is 43.4 Å². The Morgan fingerprint density at radius 2 is 1.84 bits per heavy atom. The van der Waals surface area contributed by atoms with E-state index in [-0.39, 0.29) is 6.04 Å². The molecule has 2 nitrogen and oxygen atoms in total. The van der Waals surface area contributed by atoms with Crippen LogP contribution in [0.2, 0.25) is 0 Å². The highest BCUT2D eigenvalue weighted by Gasteiger charge is 2.31. The van der Waals surface area contributed by atoms with Gasteiger partial charge in [-0.3, -0.25) is 0 Å². The van der Waals surface area contributed by atoms with Crippen molar-refractivity contribution >= 4 is 0 Å². The van der Waals surface area contributed by atoms with Crippen molar-refractivity contribution in [3.05, 3.63) is 29.3 Å². The van der Waals surface area contributed by atoms with Gasteiger partial charge in [0.1, 0.15) is 11.9 Å². The summed E-state index contributed by atoms with van der Waals surface area (Å²) in [7, 11) is 0. The fraction of sp³-hybridized carbons (Fsp3) is 0.647. The molecule has 0 aromatic heterocycles. The van der Waals surface area contributed by atoms with Gasteiger partial charge >= 0.3 is 0 Å². The van der Waals surface area contributed by atoms with Crippen LogP contribution in [0, 0.1) is 12.8 Å². The van der Waals surface area contributed by atoms with Crippen LogP contribution in [0.15, 0.2) is 18.2 Å². The first-order valence-corrected chi connectivity index (χ1v) is 7.77. The summed E-state index contributed by atoms with van der Waals surface area (Å²) in [4.78, 5) is 0. The third-order valence-corrected chi connectivity index (χ3v) is 4.75. The van der Waals surface area contributed by atoms with E-state index < -0.39 is 0 Å². The summed E-state index contributed by atoms with van der Waals surface area (Å²) in [6, 6.07) is 6.56. The Morgan fingerprint density at radius 3 is 2.58 bits per heavy atom. The minimum atomic E-state index is 0.150. The Morgan fingerprint density at radius 1 is 1.11 bits per heavy atom. The number of hydrogen-bond donors (Lipinski definition) is 1. The van der Waals surface area contributed by atoms with Crippen LogP contribution in [0.1, 0.15) is 62.1 Å². The van der Waals surface area contributed by atoms with Crippen molar-refractivity contribution in [2.45, 2.75) is 64.0 Å². The zero-order valence-electron chi connectivity index (χ0n) is 11.9. The lowest BCUT2D eigenvalue weighted by molar-refractivity contribution is 0.0905. The maximum Gasteiger partial charge on any atom is 0.124 e. The first-order valence-electron chi connectivity index (χ1n) is 7.77. The fourth-order valence-electron chi connectivity index (χ4n) is 3.62. The van der Waals surface area contributed by atoms with E-state index in [1.165, 1.54) is 49.7 Å². The van der Waals surface area contributed by atoms with E-state index in [9.17, 15) is 0 Å². The SMILES string of the molecule is Cc1ccc2c(c1)C(N)CC(C1CCCCCC1)O2. The monoisotopic (exact) mass is 259 g/mol. The maximum atomic E-state index is 6.37. The van der Waals surface area contributed by atoms with Gasteiger partial charge in [-0.05, 0) is 31.7 Å². The zero-order valence-corrected chi connectivity index (χ0v) is 11.9. The van der Waals surface area contributed by atoms with Gasteiger partial charge in [0.05, 0.1) is 0 Å². The summed E-state index contributed by atoms with van der Waals surface area (Å²) >= 11 is 0. The van der Waals surface area contributed by atoms with E-state index in [0.29, 0.717) is 12.0 Å². The Kier molecular flexibility index (Phi) is 3.79. The number of aryl methyl sites for hydroxylation is 1. The Bertz CT molecular complexity index is 435. The molecule has 0 amide bonds. The highest BCUT2D eigenvalue weighted by atomic mass is 16.5. The van der Waals surface area contributed by atoms with Crippen molar-refractivity contribution in [3.8, 4) is 5.75 Å². The van der Waals surface area contributed by atoms with Crippen molar-refractivity contribution in [1.82, 2.24) is 0 Å². The molecule has 1 fully saturated rings. The van der Waals surface area contributed by atoms with Crippen molar-refractivity contribution in [2.24, 2.45) is 11.7 Å². The lowest BCUT2D eigenvalue weighted by Crippen LogP contribution is -2.35. The van der Waals surface area contributed by atoms with Crippen molar-refractivity contribution in [1.29, 1.82) is 0 Å². The smallest absolute Gasteiger partial charge is 0.124 e. The largest absolute Gasteiger partial charge is 0.490 e. The van der Waals surface area contributed by atoms with Gasteiger partial charge in [0.15, 0.2) is 0 Å². The molecule has 2 N–H and O–H groups in total. The normalized spacial score (nSPS) is 28.3. The Labute approximate surface area is 116 Å². The minimum Gasteiger partial charge on any atom is -0.490 e. The molecule has 2 heteroatoms. The molecule has 1 saturated carbocycles. The van der Waals surface area contributed by atoms with Gasteiger partial charge in [-0.2, -0.15) is 0 Å². The van der Waals surface area contributed by atoms with Crippen LogP contribution in [-0.2, 0) is 0 Å². The van der Waals surface area contributed by atoms with Gasteiger partial charge in [0, 0.05) is 18.0 Å². The molecular formula is C17H25NO. The topological polar surface area (TPSA) is 35.2 Å². The van der Waals surface area contributed by atoms with Crippen LogP contribution in [0.3, 0.4) is 0 Å². The molecule has 19 heavy (non-hydrogen) atoms. The molecule has 0 spiro atoms. The fourth-order valence-corrected chi connectivity index (χ4v) is 3.62. The summed E-state index contributed by atoms with van der Waals surface area (Å²) in [5, 5.41) is 0. The average molecular weight is 259 g/mol. The van der Waals surface area contributed by atoms with Crippen molar-refractivity contribution in [2.75, 3.05) is 0 Å². The molecule has 1 aliphatic heterocycles. The van der Waals surface area contributed by atoms with Crippen LogP contribution in [0.5, 0.6) is 5.75 Å². The summed E-state index contributed by atoms with van der Waals surface area (Å²) in [6.07, 6.45) is 9.47. The minimum absolute atomic E-state index is 0.150. The lowest BCUT2D eigenvalue weighted by atomic mass is 9.86. The van der Waals surface area contributed by atoms with Gasteiger partial charge in [-0.25, -0.2) is 0 Å². The average Bonchev–Trinajstić information content (AvgIpc) is 2.68. The molecule has 1 aromatic rings. The first kappa shape index (κ1) is 13.0. The van der Waals surface area contributed by atoms with Crippen molar-refractivity contribution in [3.63, 3.8) is 0 Å². The molecular weight excluding hydrogens is 234 g/mol. The predicted molar refractivity (Wildman–Crippen MR) is 78.3 cm³/mol. The summed E-state index contributed by atoms with van der Waals surface area (Å²) in [5.41, 5.74) is 8.84. The van der Waals surface area contributed by atoms with Gasteiger partial charge in [0.2, 0.25) is 0 Å². The number of nitrogens with two attached hydrogens (primary N) is 1. The van der Waals surface area contributed by atoms with Gasteiger partial charge in [-0.15, -0.1) is 0 Å². The summed E-state index contributed by atoms with van der Waals surface area (Å²) < 4.78 is 6.27. The van der Waals surface area contributed by atoms with E-state index in [1.807, 2.05) is 0 Å². The number of benzene rings is 1. The molecule has 1 heterocycles. The molecule has 1 aliphatic carbocycles. The first-order chi connectivity index (χ1) is 9.24. The highest BCUT2D eigenvalue weighted by molar-refractivity contribution is 5.40. The molecule has 2 unspecified atom stereocenters.